The van der Waals surface area contributed by atoms with Crippen LogP contribution in [0.4, 0.5) is 0 Å². The normalized spacial score (nSPS) is 11.2. The number of hydrogen-bond donors (Lipinski definition) is 1. The second kappa shape index (κ2) is 4.06. The molecule has 1 aromatic carbocycles. The van der Waals surface area contributed by atoms with Crippen LogP contribution in [0.5, 0.6) is 5.75 Å². The maximum Gasteiger partial charge on any atom is 0.339 e. The Bertz CT molecular complexity index is 380. The van der Waals surface area contributed by atoms with Crippen molar-refractivity contribution in [2.75, 3.05) is 0 Å². The van der Waals surface area contributed by atoms with Gasteiger partial charge < -0.3 is 9.53 Å². The number of hydrogen-bond acceptors (Lipinski definition) is 2. The monoisotopic (exact) mass is 224 g/mol. The molecule has 4 heteroatoms. The van der Waals surface area contributed by atoms with E-state index in [1.54, 1.807) is 12.1 Å². The predicted octanol–water partition coefficient (Wildman–Crippen LogP) is 2.91. The second-order valence-corrected chi connectivity index (χ2v) is 8.90. The third-order valence-electron chi connectivity index (χ3n) is 1.85. The lowest BCUT2D eigenvalue weighted by atomic mass is 10.1. The Morgan fingerprint density at radius 2 is 1.93 bits per heavy atom. The first-order valence-electron chi connectivity index (χ1n) is 4.83. The summed E-state index contributed by atoms with van der Waals surface area (Å²) in [6.07, 6.45) is 0. The van der Waals surface area contributed by atoms with Crippen LogP contribution in [0.15, 0.2) is 18.2 Å². The maximum absolute atomic E-state index is 11.0. The van der Waals surface area contributed by atoms with Crippen molar-refractivity contribution in [2.45, 2.75) is 26.6 Å². The fourth-order valence-electron chi connectivity index (χ4n) is 1.26. The molecule has 15 heavy (non-hydrogen) atoms. The standard InChI is InChI=1S/C11H16O3Si/c1-8-6-5-7-9(11(12)13)10(8)14-15(2,3)4/h5-7H,1-4H3,(H,12,13). The van der Waals surface area contributed by atoms with Crippen LogP contribution in [0.2, 0.25) is 19.6 Å². The van der Waals surface area contributed by atoms with Gasteiger partial charge in [0.1, 0.15) is 11.3 Å². The van der Waals surface area contributed by atoms with Gasteiger partial charge in [0.25, 0.3) is 0 Å². The van der Waals surface area contributed by atoms with Gasteiger partial charge in [0.15, 0.2) is 0 Å². The molecule has 0 fully saturated rings. The molecule has 0 unspecified atom stereocenters. The molecule has 1 N–H and O–H groups in total. The highest BCUT2D eigenvalue weighted by molar-refractivity contribution is 6.70. The highest BCUT2D eigenvalue weighted by Gasteiger charge is 2.21. The molecule has 0 heterocycles. The molecule has 1 rings (SSSR count). The van der Waals surface area contributed by atoms with Gasteiger partial charge >= 0.3 is 5.97 Å². The molecule has 82 valence electrons. The maximum atomic E-state index is 11.0. The average molecular weight is 224 g/mol. The highest BCUT2D eigenvalue weighted by Crippen LogP contribution is 2.26. The van der Waals surface area contributed by atoms with E-state index >= 15 is 0 Å². The summed E-state index contributed by atoms with van der Waals surface area (Å²) in [6.45, 7) is 7.96. The Kier molecular flexibility index (Phi) is 3.19. The molecule has 0 atom stereocenters. The zero-order valence-corrected chi connectivity index (χ0v) is 10.5. The molecule has 0 amide bonds. The van der Waals surface area contributed by atoms with Crippen LogP contribution in [0.1, 0.15) is 15.9 Å². The zero-order chi connectivity index (χ0) is 11.6. The summed E-state index contributed by atoms with van der Waals surface area (Å²) in [4.78, 5) is 11.0. The SMILES string of the molecule is Cc1cccc(C(=O)O)c1O[Si](C)(C)C. The summed E-state index contributed by atoms with van der Waals surface area (Å²) >= 11 is 0. The Morgan fingerprint density at radius 3 is 2.40 bits per heavy atom. The Morgan fingerprint density at radius 1 is 1.33 bits per heavy atom. The van der Waals surface area contributed by atoms with Gasteiger partial charge in [-0.05, 0) is 38.2 Å². The van der Waals surface area contributed by atoms with Crippen molar-refractivity contribution >= 4 is 14.3 Å². The van der Waals surface area contributed by atoms with Gasteiger partial charge in [-0.3, -0.25) is 0 Å². The number of para-hydroxylation sites is 1. The van der Waals surface area contributed by atoms with Gasteiger partial charge in [0.2, 0.25) is 8.32 Å². The van der Waals surface area contributed by atoms with Crippen LogP contribution in [-0.4, -0.2) is 19.4 Å². The van der Waals surface area contributed by atoms with Crippen LogP contribution in [0.3, 0.4) is 0 Å². The first kappa shape index (κ1) is 11.8. The zero-order valence-electron chi connectivity index (χ0n) is 9.50. The van der Waals surface area contributed by atoms with E-state index in [-0.39, 0.29) is 5.56 Å². The van der Waals surface area contributed by atoms with Crippen molar-refractivity contribution in [1.82, 2.24) is 0 Å². The molecule has 3 nitrogen and oxygen atoms in total. The van der Waals surface area contributed by atoms with E-state index in [2.05, 4.69) is 0 Å². The lowest BCUT2D eigenvalue weighted by Gasteiger charge is -2.22. The summed E-state index contributed by atoms with van der Waals surface area (Å²) in [5, 5.41) is 9.02. The molecular weight excluding hydrogens is 208 g/mol. The number of aromatic carboxylic acids is 1. The van der Waals surface area contributed by atoms with Gasteiger partial charge in [-0.1, -0.05) is 12.1 Å². The van der Waals surface area contributed by atoms with E-state index in [1.165, 1.54) is 0 Å². The van der Waals surface area contributed by atoms with Crippen molar-refractivity contribution < 1.29 is 14.3 Å². The number of aryl methyl sites for hydroxylation is 1. The smallest absolute Gasteiger partial charge is 0.339 e. The molecule has 0 aromatic heterocycles. The first-order valence-corrected chi connectivity index (χ1v) is 8.24. The van der Waals surface area contributed by atoms with Crippen LogP contribution < -0.4 is 4.43 Å². The fraction of sp³-hybridized carbons (Fsp3) is 0.364. The van der Waals surface area contributed by atoms with Crippen molar-refractivity contribution in [3.63, 3.8) is 0 Å². The Labute approximate surface area is 90.8 Å². The Hall–Kier alpha value is -1.29. The van der Waals surface area contributed by atoms with Crippen molar-refractivity contribution in [3.05, 3.63) is 29.3 Å². The van der Waals surface area contributed by atoms with E-state index in [1.807, 2.05) is 32.6 Å². The fourth-order valence-corrected chi connectivity index (χ4v) is 2.15. The number of benzene rings is 1. The van der Waals surface area contributed by atoms with Crippen LogP contribution in [0, 0.1) is 6.92 Å². The van der Waals surface area contributed by atoms with E-state index in [0.717, 1.165) is 5.56 Å². The third-order valence-corrected chi connectivity index (χ3v) is 2.67. The lowest BCUT2D eigenvalue weighted by molar-refractivity contribution is 0.0694. The van der Waals surface area contributed by atoms with E-state index in [0.29, 0.717) is 5.75 Å². The third kappa shape index (κ3) is 3.09. The van der Waals surface area contributed by atoms with Gasteiger partial charge in [-0.25, -0.2) is 4.79 Å². The van der Waals surface area contributed by atoms with E-state index < -0.39 is 14.3 Å². The summed E-state index contributed by atoms with van der Waals surface area (Å²) in [6, 6.07) is 5.17. The van der Waals surface area contributed by atoms with Crippen LogP contribution in [0.25, 0.3) is 0 Å². The van der Waals surface area contributed by atoms with E-state index in [4.69, 9.17) is 9.53 Å². The van der Waals surface area contributed by atoms with Crippen molar-refractivity contribution in [1.29, 1.82) is 0 Å². The topological polar surface area (TPSA) is 46.5 Å². The number of rotatable bonds is 3. The van der Waals surface area contributed by atoms with Crippen molar-refractivity contribution in [2.24, 2.45) is 0 Å². The highest BCUT2D eigenvalue weighted by atomic mass is 28.4. The molecule has 0 saturated heterocycles. The first-order chi connectivity index (χ1) is 6.81. The molecule has 0 bridgehead atoms. The molecule has 0 radical (unpaired) electrons. The Balaban J connectivity index is 3.19. The second-order valence-electron chi connectivity index (χ2n) is 4.47. The molecule has 0 saturated carbocycles. The molecule has 1 aromatic rings. The summed E-state index contributed by atoms with van der Waals surface area (Å²) in [5.74, 6) is -0.420. The van der Waals surface area contributed by atoms with Gasteiger partial charge in [-0.2, -0.15) is 0 Å². The summed E-state index contributed by atoms with van der Waals surface area (Å²) in [7, 11) is -1.77. The molecule has 0 aliphatic rings. The minimum absolute atomic E-state index is 0.248. The lowest BCUT2D eigenvalue weighted by Crippen LogP contribution is -2.30. The summed E-state index contributed by atoms with van der Waals surface area (Å²) < 4.78 is 5.78. The number of carbonyl (C=O) groups is 1. The summed E-state index contributed by atoms with van der Waals surface area (Å²) in [5.41, 5.74) is 1.12. The van der Waals surface area contributed by atoms with Gasteiger partial charge in [0.05, 0.1) is 0 Å². The van der Waals surface area contributed by atoms with Crippen LogP contribution in [-0.2, 0) is 0 Å². The molecule has 0 aliphatic heterocycles. The minimum Gasteiger partial charge on any atom is -0.544 e. The van der Waals surface area contributed by atoms with Crippen molar-refractivity contribution in [3.8, 4) is 5.75 Å². The molecule has 0 spiro atoms. The van der Waals surface area contributed by atoms with Gasteiger partial charge in [0, 0.05) is 0 Å². The number of carboxylic acids is 1. The molecular formula is C11H16O3Si. The largest absolute Gasteiger partial charge is 0.544 e. The predicted molar refractivity (Wildman–Crippen MR) is 62.1 cm³/mol. The molecule has 0 aliphatic carbocycles. The minimum atomic E-state index is -1.77. The van der Waals surface area contributed by atoms with Gasteiger partial charge in [-0.15, -0.1) is 0 Å². The average Bonchev–Trinajstić information content (AvgIpc) is 2.05. The van der Waals surface area contributed by atoms with E-state index in [9.17, 15) is 4.79 Å². The number of carboxylic acid groups (broad SMARTS) is 1. The van der Waals surface area contributed by atoms with Crippen LogP contribution >= 0.6 is 0 Å². The quantitative estimate of drug-likeness (QED) is 0.803.